The zero-order chi connectivity index (χ0) is 19.4. The van der Waals surface area contributed by atoms with Crippen LogP contribution in [0.3, 0.4) is 0 Å². The van der Waals surface area contributed by atoms with Crippen molar-refractivity contribution in [2.75, 3.05) is 26.3 Å². The van der Waals surface area contributed by atoms with Gasteiger partial charge in [-0.3, -0.25) is 9.59 Å². The average Bonchev–Trinajstić information content (AvgIpc) is 2.86. The Labute approximate surface area is 161 Å². The van der Waals surface area contributed by atoms with Crippen molar-refractivity contribution in [2.24, 2.45) is 5.41 Å². The zero-order valence-electron chi connectivity index (χ0n) is 16.8. The SMILES string of the molecule is Cc1cc(C)c2c(c1C(=O)N1CCC3(CC1)OCCCO3)CC(C)(C)C2=O. The number of rotatable bonds is 1. The van der Waals surface area contributed by atoms with Crippen LogP contribution in [-0.4, -0.2) is 48.7 Å². The monoisotopic (exact) mass is 371 g/mol. The molecule has 0 atom stereocenters. The first-order chi connectivity index (χ1) is 12.7. The lowest BCUT2D eigenvalue weighted by Gasteiger charge is -2.43. The Morgan fingerprint density at radius 3 is 2.33 bits per heavy atom. The molecule has 146 valence electrons. The molecular formula is C22H29NO4. The van der Waals surface area contributed by atoms with Crippen molar-refractivity contribution in [1.82, 2.24) is 4.90 Å². The molecule has 0 bridgehead atoms. The van der Waals surface area contributed by atoms with Crippen LogP contribution < -0.4 is 0 Å². The van der Waals surface area contributed by atoms with E-state index in [2.05, 4.69) is 0 Å². The summed E-state index contributed by atoms with van der Waals surface area (Å²) in [6.07, 6.45) is 2.98. The summed E-state index contributed by atoms with van der Waals surface area (Å²) in [7, 11) is 0. The number of benzene rings is 1. The lowest BCUT2D eigenvalue weighted by atomic mass is 9.88. The number of likely N-dealkylation sites (tertiary alicyclic amines) is 1. The molecule has 1 aromatic carbocycles. The Morgan fingerprint density at radius 2 is 1.70 bits per heavy atom. The van der Waals surface area contributed by atoms with Crippen molar-refractivity contribution in [3.63, 3.8) is 0 Å². The number of nitrogens with zero attached hydrogens (tertiary/aromatic N) is 1. The van der Waals surface area contributed by atoms with Gasteiger partial charge in [0, 0.05) is 42.5 Å². The third kappa shape index (κ3) is 3.01. The molecule has 0 N–H and O–H groups in total. The van der Waals surface area contributed by atoms with Crippen LogP contribution in [-0.2, 0) is 15.9 Å². The van der Waals surface area contributed by atoms with Crippen molar-refractivity contribution in [1.29, 1.82) is 0 Å². The second kappa shape index (κ2) is 6.42. The number of hydrogen-bond donors (Lipinski definition) is 0. The van der Waals surface area contributed by atoms with Gasteiger partial charge in [-0.1, -0.05) is 19.9 Å². The van der Waals surface area contributed by atoms with Crippen molar-refractivity contribution in [2.45, 2.75) is 59.2 Å². The molecule has 1 aliphatic carbocycles. The number of hydrogen-bond acceptors (Lipinski definition) is 4. The molecule has 0 aromatic heterocycles. The Bertz CT molecular complexity index is 795. The van der Waals surface area contributed by atoms with E-state index in [9.17, 15) is 9.59 Å². The molecule has 4 rings (SSSR count). The highest BCUT2D eigenvalue weighted by atomic mass is 16.7. The molecular weight excluding hydrogens is 342 g/mol. The maximum absolute atomic E-state index is 13.4. The zero-order valence-corrected chi connectivity index (χ0v) is 16.8. The van der Waals surface area contributed by atoms with Gasteiger partial charge in [-0.05, 0) is 43.4 Å². The molecule has 0 saturated carbocycles. The second-order valence-electron chi connectivity index (χ2n) is 8.88. The van der Waals surface area contributed by atoms with E-state index in [0.29, 0.717) is 32.4 Å². The molecule has 1 amide bonds. The largest absolute Gasteiger partial charge is 0.350 e. The minimum absolute atomic E-state index is 0.0416. The fraction of sp³-hybridized carbons (Fsp3) is 0.636. The first-order valence-corrected chi connectivity index (χ1v) is 9.99. The molecule has 3 aliphatic rings. The van der Waals surface area contributed by atoms with Gasteiger partial charge in [0.05, 0.1) is 13.2 Å². The Hall–Kier alpha value is -1.72. The van der Waals surface area contributed by atoms with Crippen LogP contribution in [0.25, 0.3) is 0 Å². The average molecular weight is 371 g/mol. The number of carbonyl (C=O) groups is 2. The number of fused-ring (bicyclic) bond motifs is 1. The number of carbonyl (C=O) groups excluding carboxylic acids is 2. The molecule has 5 nitrogen and oxygen atoms in total. The summed E-state index contributed by atoms with van der Waals surface area (Å²) in [4.78, 5) is 28.2. The number of Topliss-reactive ketones (excluding diaryl/α,β-unsaturated/α-hetero) is 1. The first kappa shape index (κ1) is 18.6. The van der Waals surface area contributed by atoms with Crippen LogP contribution in [0.5, 0.6) is 0 Å². The molecule has 1 spiro atoms. The second-order valence-corrected chi connectivity index (χ2v) is 8.88. The summed E-state index contributed by atoms with van der Waals surface area (Å²) in [5.74, 6) is -0.303. The quantitative estimate of drug-likeness (QED) is 0.759. The van der Waals surface area contributed by atoms with E-state index in [-0.39, 0.29) is 11.7 Å². The van der Waals surface area contributed by atoms with Crippen LogP contribution in [0.4, 0.5) is 0 Å². The van der Waals surface area contributed by atoms with Gasteiger partial charge in [-0.25, -0.2) is 0 Å². The molecule has 1 aromatic rings. The van der Waals surface area contributed by atoms with Crippen LogP contribution in [0.15, 0.2) is 6.07 Å². The van der Waals surface area contributed by atoms with E-state index in [1.54, 1.807) is 0 Å². The summed E-state index contributed by atoms with van der Waals surface area (Å²) in [5.41, 5.74) is 3.95. The lowest BCUT2D eigenvalue weighted by Crippen LogP contribution is -2.51. The summed E-state index contributed by atoms with van der Waals surface area (Å²) >= 11 is 0. The third-order valence-electron chi connectivity index (χ3n) is 6.33. The van der Waals surface area contributed by atoms with Gasteiger partial charge in [-0.15, -0.1) is 0 Å². The smallest absolute Gasteiger partial charge is 0.254 e. The highest BCUT2D eigenvalue weighted by Crippen LogP contribution is 2.41. The van der Waals surface area contributed by atoms with E-state index < -0.39 is 11.2 Å². The van der Waals surface area contributed by atoms with Crippen LogP contribution in [0, 0.1) is 19.3 Å². The van der Waals surface area contributed by atoms with Gasteiger partial charge in [0.15, 0.2) is 11.6 Å². The highest BCUT2D eigenvalue weighted by molar-refractivity contribution is 6.10. The van der Waals surface area contributed by atoms with Crippen LogP contribution in [0.2, 0.25) is 0 Å². The third-order valence-corrected chi connectivity index (χ3v) is 6.33. The van der Waals surface area contributed by atoms with Gasteiger partial charge in [0.2, 0.25) is 0 Å². The topological polar surface area (TPSA) is 55.8 Å². The minimum atomic E-state index is -0.503. The maximum atomic E-state index is 13.4. The van der Waals surface area contributed by atoms with E-state index in [0.717, 1.165) is 47.5 Å². The van der Waals surface area contributed by atoms with Crippen molar-refractivity contribution in [3.05, 3.63) is 33.9 Å². The Kier molecular flexibility index (Phi) is 4.43. The first-order valence-electron chi connectivity index (χ1n) is 9.99. The molecule has 0 radical (unpaired) electrons. The summed E-state index contributed by atoms with van der Waals surface area (Å²) in [6, 6.07) is 1.99. The number of amides is 1. The molecule has 2 saturated heterocycles. The fourth-order valence-corrected chi connectivity index (χ4v) is 4.84. The standard InChI is InChI=1S/C22H29NO4/c1-14-12-15(2)18(16-13-21(3,4)19(24)17(14)16)20(25)23-8-6-22(7-9-23)26-10-5-11-27-22/h12H,5-11,13H2,1-4H3. The molecule has 2 heterocycles. The van der Waals surface area contributed by atoms with Gasteiger partial charge < -0.3 is 14.4 Å². The fourth-order valence-electron chi connectivity index (χ4n) is 4.84. The van der Waals surface area contributed by atoms with Gasteiger partial charge in [-0.2, -0.15) is 0 Å². The molecule has 27 heavy (non-hydrogen) atoms. The summed E-state index contributed by atoms with van der Waals surface area (Å²) in [6.45, 7) is 10.6. The Balaban J connectivity index is 1.62. The molecule has 5 heteroatoms. The van der Waals surface area contributed by atoms with Gasteiger partial charge in [0.1, 0.15) is 0 Å². The minimum Gasteiger partial charge on any atom is -0.350 e. The maximum Gasteiger partial charge on any atom is 0.254 e. The number of ketones is 1. The number of aryl methyl sites for hydroxylation is 2. The summed E-state index contributed by atoms with van der Waals surface area (Å²) < 4.78 is 11.8. The van der Waals surface area contributed by atoms with Crippen LogP contribution >= 0.6 is 0 Å². The van der Waals surface area contributed by atoms with E-state index >= 15 is 0 Å². The number of ether oxygens (including phenoxy) is 2. The molecule has 2 aliphatic heterocycles. The predicted molar refractivity (Wildman–Crippen MR) is 102 cm³/mol. The van der Waals surface area contributed by atoms with E-state index in [1.165, 1.54) is 0 Å². The van der Waals surface area contributed by atoms with Gasteiger partial charge in [0.25, 0.3) is 5.91 Å². The summed E-state index contributed by atoms with van der Waals surface area (Å²) in [5, 5.41) is 0. The normalized spacial score (nSPS) is 23.6. The van der Waals surface area contributed by atoms with Crippen molar-refractivity contribution < 1.29 is 19.1 Å². The predicted octanol–water partition coefficient (Wildman–Crippen LogP) is 3.44. The molecule has 2 fully saturated rings. The Morgan fingerprint density at radius 1 is 1.07 bits per heavy atom. The van der Waals surface area contributed by atoms with E-state index in [4.69, 9.17) is 9.47 Å². The molecule has 0 unspecified atom stereocenters. The van der Waals surface area contributed by atoms with E-state index in [1.807, 2.05) is 38.7 Å². The van der Waals surface area contributed by atoms with Crippen molar-refractivity contribution >= 4 is 11.7 Å². The van der Waals surface area contributed by atoms with Crippen molar-refractivity contribution in [3.8, 4) is 0 Å². The van der Waals surface area contributed by atoms with Gasteiger partial charge >= 0.3 is 0 Å². The number of piperidine rings is 1. The highest BCUT2D eigenvalue weighted by Gasteiger charge is 2.43. The van der Waals surface area contributed by atoms with Crippen LogP contribution in [0.1, 0.15) is 70.5 Å². The lowest BCUT2D eigenvalue weighted by molar-refractivity contribution is -0.281.